The van der Waals surface area contributed by atoms with Crippen molar-refractivity contribution >= 4 is 24.9 Å². The molecule has 0 aromatic heterocycles. The number of hydrogen-bond acceptors (Lipinski definition) is 0. The standard InChI is InChI=1S/C10H11ClSi/c1-4-12(2,3)10-7-5-9(11)6-8-10/h1,5-8H,2-3H3. The number of hydrogen-bond donors (Lipinski definition) is 0. The van der Waals surface area contributed by atoms with Gasteiger partial charge >= 0.3 is 0 Å². The van der Waals surface area contributed by atoms with Crippen molar-refractivity contribution in [3.8, 4) is 12.0 Å². The van der Waals surface area contributed by atoms with Crippen molar-refractivity contribution in [3.05, 3.63) is 29.3 Å². The Bertz CT molecular complexity index is 306. The summed E-state index contributed by atoms with van der Waals surface area (Å²) in [5.41, 5.74) is 2.87. The molecule has 0 unspecified atom stereocenters. The lowest BCUT2D eigenvalue weighted by Crippen LogP contribution is -2.39. The molecule has 12 heavy (non-hydrogen) atoms. The summed E-state index contributed by atoms with van der Waals surface area (Å²) in [5, 5.41) is 2.02. The molecule has 0 saturated heterocycles. The molecule has 1 aromatic rings. The fraction of sp³-hybridized carbons (Fsp3) is 0.200. The summed E-state index contributed by atoms with van der Waals surface area (Å²) in [7, 11) is -1.61. The Morgan fingerprint density at radius 1 is 1.25 bits per heavy atom. The zero-order valence-corrected chi connectivity index (χ0v) is 9.02. The Kier molecular flexibility index (Phi) is 2.61. The van der Waals surface area contributed by atoms with E-state index in [0.29, 0.717) is 0 Å². The third-order valence-corrected chi connectivity index (χ3v) is 4.68. The molecule has 1 aromatic carbocycles. The zero-order valence-electron chi connectivity index (χ0n) is 7.26. The Morgan fingerprint density at radius 3 is 2.17 bits per heavy atom. The summed E-state index contributed by atoms with van der Waals surface area (Å²) in [4.78, 5) is 0. The fourth-order valence-electron chi connectivity index (χ4n) is 0.950. The lowest BCUT2D eigenvalue weighted by molar-refractivity contribution is 1.72. The molecule has 2 heteroatoms. The number of halogens is 1. The molecular weight excluding hydrogens is 184 g/mol. The van der Waals surface area contributed by atoms with Gasteiger partial charge in [0, 0.05) is 5.02 Å². The minimum absolute atomic E-state index is 0.764. The van der Waals surface area contributed by atoms with Crippen LogP contribution in [0.2, 0.25) is 18.1 Å². The lowest BCUT2D eigenvalue weighted by atomic mass is 10.4. The molecule has 0 saturated carbocycles. The maximum atomic E-state index is 5.77. The molecule has 62 valence electrons. The molecule has 0 heterocycles. The van der Waals surface area contributed by atoms with Crippen molar-refractivity contribution < 1.29 is 0 Å². The maximum Gasteiger partial charge on any atom is 0.162 e. The number of rotatable bonds is 1. The van der Waals surface area contributed by atoms with Crippen molar-refractivity contribution in [1.29, 1.82) is 0 Å². The summed E-state index contributed by atoms with van der Waals surface area (Å²) in [6.45, 7) is 4.30. The van der Waals surface area contributed by atoms with Gasteiger partial charge in [0.15, 0.2) is 8.07 Å². The van der Waals surface area contributed by atoms with E-state index in [2.05, 4.69) is 18.6 Å². The molecule has 0 atom stereocenters. The van der Waals surface area contributed by atoms with Gasteiger partial charge in [-0.25, -0.2) is 0 Å². The molecule has 0 aliphatic rings. The summed E-state index contributed by atoms with van der Waals surface area (Å²) < 4.78 is 0. The van der Waals surface area contributed by atoms with Crippen LogP contribution in [-0.4, -0.2) is 8.07 Å². The predicted molar refractivity (Wildman–Crippen MR) is 57.4 cm³/mol. The molecule has 0 spiro atoms. The van der Waals surface area contributed by atoms with Gasteiger partial charge in [-0.2, -0.15) is 0 Å². The minimum Gasteiger partial charge on any atom is -0.129 e. The van der Waals surface area contributed by atoms with Crippen LogP contribution in [0.4, 0.5) is 0 Å². The van der Waals surface area contributed by atoms with Crippen molar-refractivity contribution in [2.24, 2.45) is 0 Å². The average Bonchev–Trinajstić information content (AvgIpc) is 2.05. The van der Waals surface area contributed by atoms with Gasteiger partial charge in [-0.15, -0.1) is 12.0 Å². The Balaban J connectivity index is 3.07. The second-order valence-corrected chi connectivity index (χ2v) is 7.83. The van der Waals surface area contributed by atoms with Crippen LogP contribution in [0.25, 0.3) is 0 Å². The van der Waals surface area contributed by atoms with Crippen LogP contribution in [-0.2, 0) is 0 Å². The number of benzene rings is 1. The minimum atomic E-state index is -1.61. The molecule has 0 radical (unpaired) electrons. The van der Waals surface area contributed by atoms with Gasteiger partial charge in [0.1, 0.15) is 0 Å². The topological polar surface area (TPSA) is 0 Å². The third-order valence-electron chi connectivity index (χ3n) is 1.93. The molecule has 0 nitrogen and oxygen atoms in total. The van der Waals surface area contributed by atoms with Crippen LogP contribution in [0.15, 0.2) is 24.3 Å². The fourth-order valence-corrected chi connectivity index (χ4v) is 2.24. The van der Waals surface area contributed by atoms with Gasteiger partial charge < -0.3 is 0 Å². The Hall–Kier alpha value is -0.713. The van der Waals surface area contributed by atoms with Gasteiger partial charge in [-0.05, 0) is 17.3 Å². The smallest absolute Gasteiger partial charge is 0.129 e. The van der Waals surface area contributed by atoms with Crippen LogP contribution in [0.5, 0.6) is 0 Å². The van der Waals surface area contributed by atoms with E-state index in [4.69, 9.17) is 18.0 Å². The number of terminal acetylenes is 1. The molecule has 0 amide bonds. The van der Waals surface area contributed by atoms with Gasteiger partial charge in [-0.1, -0.05) is 36.8 Å². The van der Waals surface area contributed by atoms with Crippen molar-refractivity contribution in [3.63, 3.8) is 0 Å². The van der Waals surface area contributed by atoms with E-state index >= 15 is 0 Å². The van der Waals surface area contributed by atoms with E-state index in [1.54, 1.807) is 0 Å². The van der Waals surface area contributed by atoms with Gasteiger partial charge in [0.25, 0.3) is 0 Å². The molecular formula is C10H11ClSi. The highest BCUT2D eigenvalue weighted by Gasteiger charge is 2.19. The highest BCUT2D eigenvalue weighted by molar-refractivity contribution is 6.96. The van der Waals surface area contributed by atoms with Crippen LogP contribution in [0.1, 0.15) is 0 Å². The first-order valence-electron chi connectivity index (χ1n) is 3.80. The summed E-state index contributed by atoms with van der Waals surface area (Å²) in [6.07, 6.45) is 5.46. The molecule has 0 aliphatic heterocycles. The maximum absolute atomic E-state index is 5.77. The van der Waals surface area contributed by atoms with E-state index in [-0.39, 0.29) is 0 Å². The molecule has 0 aliphatic carbocycles. The van der Waals surface area contributed by atoms with E-state index in [1.165, 1.54) is 5.19 Å². The highest BCUT2D eigenvalue weighted by Crippen LogP contribution is 2.07. The Labute approximate surface area is 79.6 Å². The van der Waals surface area contributed by atoms with Crippen LogP contribution >= 0.6 is 11.6 Å². The molecule has 0 bridgehead atoms. The van der Waals surface area contributed by atoms with Crippen molar-refractivity contribution in [2.75, 3.05) is 0 Å². The normalized spacial score (nSPS) is 10.8. The zero-order chi connectivity index (χ0) is 9.19. The predicted octanol–water partition coefficient (Wildman–Crippen LogP) is 2.43. The van der Waals surface area contributed by atoms with E-state index in [0.717, 1.165) is 5.02 Å². The largest absolute Gasteiger partial charge is 0.162 e. The summed E-state index contributed by atoms with van der Waals surface area (Å²) in [6, 6.07) is 7.83. The van der Waals surface area contributed by atoms with E-state index < -0.39 is 8.07 Å². The average molecular weight is 195 g/mol. The summed E-state index contributed by atoms with van der Waals surface area (Å²) >= 11 is 5.77. The van der Waals surface area contributed by atoms with Crippen LogP contribution < -0.4 is 5.19 Å². The second-order valence-electron chi connectivity index (χ2n) is 3.28. The highest BCUT2D eigenvalue weighted by atomic mass is 35.5. The lowest BCUT2D eigenvalue weighted by Gasteiger charge is -2.14. The quantitative estimate of drug-likeness (QED) is 0.476. The summed E-state index contributed by atoms with van der Waals surface area (Å²) in [5.74, 6) is 0. The van der Waals surface area contributed by atoms with Crippen LogP contribution in [0, 0.1) is 12.0 Å². The van der Waals surface area contributed by atoms with E-state index in [1.807, 2.05) is 24.3 Å². The van der Waals surface area contributed by atoms with Gasteiger partial charge in [0.05, 0.1) is 0 Å². The third kappa shape index (κ3) is 1.91. The molecule has 1 rings (SSSR count). The van der Waals surface area contributed by atoms with Gasteiger partial charge in [0.2, 0.25) is 0 Å². The van der Waals surface area contributed by atoms with Crippen molar-refractivity contribution in [1.82, 2.24) is 0 Å². The van der Waals surface area contributed by atoms with Crippen LogP contribution in [0.3, 0.4) is 0 Å². The molecule has 0 fully saturated rings. The van der Waals surface area contributed by atoms with Gasteiger partial charge in [-0.3, -0.25) is 0 Å². The van der Waals surface area contributed by atoms with Crippen molar-refractivity contribution in [2.45, 2.75) is 13.1 Å². The molecule has 0 N–H and O–H groups in total. The SMILES string of the molecule is C#C[Si](C)(C)c1ccc(Cl)cc1. The monoisotopic (exact) mass is 194 g/mol. The van der Waals surface area contributed by atoms with E-state index in [9.17, 15) is 0 Å². The first kappa shape index (κ1) is 9.38. The first-order chi connectivity index (χ1) is 5.56. The first-order valence-corrected chi connectivity index (χ1v) is 7.18. The second kappa shape index (κ2) is 3.34. The Morgan fingerprint density at radius 2 is 1.75 bits per heavy atom.